The van der Waals surface area contributed by atoms with Crippen LogP contribution in [0.15, 0.2) is 0 Å². The molecule has 1 unspecified atom stereocenters. The first-order valence-corrected chi connectivity index (χ1v) is 4.38. The molecule has 0 bridgehead atoms. The first-order valence-electron chi connectivity index (χ1n) is 4.38. The van der Waals surface area contributed by atoms with Crippen LogP contribution in [0.2, 0.25) is 0 Å². The lowest BCUT2D eigenvalue weighted by molar-refractivity contribution is -0.119. The maximum atomic E-state index is 10.8. The van der Waals surface area contributed by atoms with Gasteiger partial charge in [-0.3, -0.25) is 4.79 Å². The molecule has 0 aromatic carbocycles. The molecule has 0 aliphatic carbocycles. The van der Waals surface area contributed by atoms with Crippen molar-refractivity contribution >= 4 is 5.91 Å². The van der Waals surface area contributed by atoms with E-state index in [9.17, 15) is 9.90 Å². The number of hydrogen-bond acceptors (Lipinski definition) is 4. The Labute approximate surface area is 77.5 Å². The fourth-order valence-electron chi connectivity index (χ4n) is 1.23. The minimum atomic E-state index is -0.784. The molecule has 13 heavy (non-hydrogen) atoms. The van der Waals surface area contributed by atoms with E-state index in [0.717, 1.165) is 0 Å². The molecule has 1 fully saturated rings. The molecule has 3 N–H and O–H groups in total. The Morgan fingerprint density at radius 2 is 2.46 bits per heavy atom. The fraction of sp³-hybridized carbons (Fsp3) is 0.875. The number of carbonyl (C=O) groups excluding carboxylic acids is 1. The van der Waals surface area contributed by atoms with Crippen molar-refractivity contribution in [2.45, 2.75) is 12.0 Å². The van der Waals surface area contributed by atoms with E-state index < -0.39 is 5.60 Å². The lowest BCUT2D eigenvalue weighted by atomic mass is 10.0. The zero-order valence-electron chi connectivity index (χ0n) is 7.80. The summed E-state index contributed by atoms with van der Waals surface area (Å²) in [6.07, 6.45) is 0.633. The van der Waals surface area contributed by atoms with Crippen molar-refractivity contribution in [3.05, 3.63) is 0 Å². The van der Waals surface area contributed by atoms with Crippen molar-refractivity contribution in [2.75, 3.05) is 33.4 Å². The summed E-state index contributed by atoms with van der Waals surface area (Å²) in [5.41, 5.74) is -0.784. The van der Waals surface area contributed by atoms with Crippen LogP contribution in [0.3, 0.4) is 0 Å². The van der Waals surface area contributed by atoms with Crippen molar-refractivity contribution in [3.63, 3.8) is 0 Å². The Morgan fingerprint density at radius 1 is 1.69 bits per heavy atom. The van der Waals surface area contributed by atoms with Gasteiger partial charge in [0.2, 0.25) is 5.91 Å². The minimum absolute atomic E-state index is 0.0810. The Morgan fingerprint density at radius 3 is 3.00 bits per heavy atom. The molecule has 0 radical (unpaired) electrons. The van der Waals surface area contributed by atoms with Crippen LogP contribution < -0.4 is 10.6 Å². The largest absolute Gasteiger partial charge is 0.386 e. The lowest BCUT2D eigenvalue weighted by Crippen LogP contribution is -2.44. The summed E-state index contributed by atoms with van der Waals surface area (Å²) >= 11 is 0. The predicted molar refractivity (Wildman–Crippen MR) is 47.3 cm³/mol. The van der Waals surface area contributed by atoms with Gasteiger partial charge in [0.1, 0.15) is 5.60 Å². The summed E-state index contributed by atoms with van der Waals surface area (Å²) in [5, 5.41) is 15.1. The van der Waals surface area contributed by atoms with Crippen LogP contribution in [0.4, 0.5) is 0 Å². The SMILES string of the molecule is CNC(=O)CNCC1(O)CCOC1. The molecule has 5 nitrogen and oxygen atoms in total. The zero-order valence-corrected chi connectivity index (χ0v) is 7.80. The average molecular weight is 188 g/mol. The van der Waals surface area contributed by atoms with E-state index >= 15 is 0 Å². The smallest absolute Gasteiger partial charge is 0.233 e. The molecule has 1 saturated heterocycles. The van der Waals surface area contributed by atoms with Crippen molar-refractivity contribution in [1.82, 2.24) is 10.6 Å². The predicted octanol–water partition coefficient (Wildman–Crippen LogP) is -1.53. The number of likely N-dealkylation sites (N-methyl/N-ethyl adjacent to an activating group) is 1. The molecule has 1 rings (SSSR count). The molecule has 1 heterocycles. The van der Waals surface area contributed by atoms with Gasteiger partial charge in [-0.1, -0.05) is 0 Å². The number of nitrogens with one attached hydrogen (secondary N) is 2. The van der Waals surface area contributed by atoms with E-state index in [4.69, 9.17) is 4.74 Å². The van der Waals surface area contributed by atoms with Crippen LogP contribution in [-0.2, 0) is 9.53 Å². The molecular formula is C8H16N2O3. The molecule has 76 valence electrons. The van der Waals surface area contributed by atoms with Crippen molar-refractivity contribution in [3.8, 4) is 0 Å². The highest BCUT2D eigenvalue weighted by Gasteiger charge is 2.31. The molecule has 0 aromatic heterocycles. The summed E-state index contributed by atoms with van der Waals surface area (Å²) < 4.78 is 5.05. The van der Waals surface area contributed by atoms with Gasteiger partial charge in [0.05, 0.1) is 13.2 Å². The normalized spacial score (nSPS) is 27.5. The van der Waals surface area contributed by atoms with Gasteiger partial charge in [-0.2, -0.15) is 0 Å². The Bertz CT molecular complexity index is 178. The second kappa shape index (κ2) is 4.55. The third-order valence-corrected chi connectivity index (χ3v) is 2.10. The first-order chi connectivity index (χ1) is 6.16. The van der Waals surface area contributed by atoms with Gasteiger partial charge in [-0.05, 0) is 0 Å². The van der Waals surface area contributed by atoms with E-state index in [0.29, 0.717) is 26.2 Å². The van der Waals surface area contributed by atoms with E-state index in [2.05, 4.69) is 10.6 Å². The molecule has 1 atom stereocenters. The van der Waals surface area contributed by atoms with Crippen LogP contribution in [0.1, 0.15) is 6.42 Å². The second-order valence-corrected chi connectivity index (χ2v) is 3.30. The third kappa shape index (κ3) is 3.30. The van der Waals surface area contributed by atoms with Crippen LogP contribution in [0.5, 0.6) is 0 Å². The zero-order chi connectivity index (χ0) is 9.73. The molecule has 0 saturated carbocycles. The van der Waals surface area contributed by atoms with Crippen LogP contribution in [0.25, 0.3) is 0 Å². The van der Waals surface area contributed by atoms with Gasteiger partial charge in [-0.15, -0.1) is 0 Å². The van der Waals surface area contributed by atoms with Crippen molar-refractivity contribution in [1.29, 1.82) is 0 Å². The molecule has 0 spiro atoms. The van der Waals surface area contributed by atoms with Gasteiger partial charge in [0.25, 0.3) is 0 Å². The highest BCUT2D eigenvalue weighted by molar-refractivity contribution is 5.77. The fourth-order valence-corrected chi connectivity index (χ4v) is 1.23. The lowest BCUT2D eigenvalue weighted by Gasteiger charge is -2.20. The van der Waals surface area contributed by atoms with Gasteiger partial charge < -0.3 is 20.5 Å². The number of carbonyl (C=O) groups is 1. The Hall–Kier alpha value is -0.650. The molecule has 5 heteroatoms. The number of amides is 1. The quantitative estimate of drug-likeness (QED) is 0.501. The Kier molecular flexibility index (Phi) is 3.65. The topological polar surface area (TPSA) is 70.6 Å². The molecule has 1 aliphatic heterocycles. The van der Waals surface area contributed by atoms with E-state index in [1.165, 1.54) is 0 Å². The van der Waals surface area contributed by atoms with E-state index in [1.807, 2.05) is 0 Å². The molecule has 1 amide bonds. The van der Waals surface area contributed by atoms with Gasteiger partial charge in [0.15, 0.2) is 0 Å². The molecule has 1 aliphatic rings. The second-order valence-electron chi connectivity index (χ2n) is 3.30. The number of aliphatic hydroxyl groups is 1. The van der Waals surface area contributed by atoms with Crippen molar-refractivity contribution in [2.24, 2.45) is 0 Å². The highest BCUT2D eigenvalue weighted by atomic mass is 16.5. The van der Waals surface area contributed by atoms with Gasteiger partial charge in [-0.25, -0.2) is 0 Å². The van der Waals surface area contributed by atoms with Gasteiger partial charge in [0, 0.05) is 26.6 Å². The number of rotatable bonds is 4. The summed E-state index contributed by atoms with van der Waals surface area (Å²) in [6, 6.07) is 0. The highest BCUT2D eigenvalue weighted by Crippen LogP contribution is 2.16. The molecule has 0 aromatic rings. The standard InChI is InChI=1S/C8H16N2O3/c1-9-7(11)4-10-5-8(12)2-3-13-6-8/h10,12H,2-6H2,1H3,(H,9,11). The minimum Gasteiger partial charge on any atom is -0.386 e. The number of hydrogen-bond donors (Lipinski definition) is 3. The first kappa shape index (κ1) is 10.4. The molecular weight excluding hydrogens is 172 g/mol. The van der Waals surface area contributed by atoms with Crippen LogP contribution in [-0.4, -0.2) is 50.0 Å². The summed E-state index contributed by atoms with van der Waals surface area (Å²) in [5.74, 6) is -0.0810. The maximum absolute atomic E-state index is 10.8. The van der Waals surface area contributed by atoms with Gasteiger partial charge >= 0.3 is 0 Å². The Balaban J connectivity index is 2.14. The summed E-state index contributed by atoms with van der Waals surface area (Å²) in [7, 11) is 1.58. The monoisotopic (exact) mass is 188 g/mol. The third-order valence-electron chi connectivity index (χ3n) is 2.10. The summed E-state index contributed by atoms with van der Waals surface area (Å²) in [6.45, 7) is 1.59. The van der Waals surface area contributed by atoms with Crippen LogP contribution in [0, 0.1) is 0 Å². The van der Waals surface area contributed by atoms with E-state index in [-0.39, 0.29) is 12.5 Å². The summed E-state index contributed by atoms with van der Waals surface area (Å²) in [4.78, 5) is 10.8. The van der Waals surface area contributed by atoms with Crippen molar-refractivity contribution < 1.29 is 14.6 Å². The number of ether oxygens (including phenoxy) is 1. The van der Waals surface area contributed by atoms with Crippen LogP contribution >= 0.6 is 0 Å². The maximum Gasteiger partial charge on any atom is 0.233 e. The average Bonchev–Trinajstić information content (AvgIpc) is 2.52. The van der Waals surface area contributed by atoms with E-state index in [1.54, 1.807) is 7.05 Å².